The van der Waals surface area contributed by atoms with Crippen molar-refractivity contribution in [1.29, 1.82) is 0 Å². The normalized spacial score (nSPS) is 26.9. The minimum Gasteiger partial charge on any atom is -0.324 e. The van der Waals surface area contributed by atoms with Crippen LogP contribution >= 0.6 is 7.60 Å². The number of rotatable bonds is 3. The van der Waals surface area contributed by atoms with Crippen LogP contribution in [0.15, 0.2) is 0 Å². The first-order valence-electron chi connectivity index (χ1n) is 5.23. The Morgan fingerprint density at radius 3 is 2.00 bits per heavy atom. The zero-order valence-electron chi connectivity index (χ0n) is 8.98. The summed E-state index contributed by atoms with van der Waals surface area (Å²) in [6, 6.07) is 0. The van der Waals surface area contributed by atoms with Crippen molar-refractivity contribution < 1.29 is 32.3 Å². The van der Waals surface area contributed by atoms with Gasteiger partial charge in [-0.25, -0.2) is 0 Å². The second-order valence-corrected chi connectivity index (χ2v) is 6.02. The summed E-state index contributed by atoms with van der Waals surface area (Å²) >= 11 is 0. The molecule has 1 rings (SSSR count). The number of ketones is 1. The molecule has 17 heavy (non-hydrogen) atoms. The van der Waals surface area contributed by atoms with Crippen LogP contribution in [0.3, 0.4) is 0 Å². The van der Waals surface area contributed by atoms with Crippen LogP contribution in [0, 0.1) is 11.8 Å². The Balaban J connectivity index is 2.47. The van der Waals surface area contributed by atoms with Gasteiger partial charge in [0.05, 0.1) is 5.92 Å². The van der Waals surface area contributed by atoms with Crippen LogP contribution in [-0.2, 0) is 9.36 Å². The molecule has 0 spiro atoms. The number of hydrogen-bond donors (Lipinski definition) is 2. The molecule has 0 radical (unpaired) electrons. The summed E-state index contributed by atoms with van der Waals surface area (Å²) < 4.78 is 47.6. The van der Waals surface area contributed by atoms with Gasteiger partial charge in [0.2, 0.25) is 0 Å². The van der Waals surface area contributed by atoms with Crippen molar-refractivity contribution in [2.45, 2.75) is 31.9 Å². The highest BCUT2D eigenvalue weighted by Gasteiger charge is 2.42. The van der Waals surface area contributed by atoms with Crippen molar-refractivity contribution in [3.8, 4) is 0 Å². The molecule has 0 aromatic rings. The van der Waals surface area contributed by atoms with Crippen LogP contribution in [0.2, 0.25) is 0 Å². The molecule has 0 aromatic heterocycles. The van der Waals surface area contributed by atoms with Gasteiger partial charge in [0, 0.05) is 5.92 Å². The van der Waals surface area contributed by atoms with E-state index < -0.39 is 37.6 Å². The first-order chi connectivity index (χ1) is 7.59. The topological polar surface area (TPSA) is 74.6 Å². The van der Waals surface area contributed by atoms with Crippen LogP contribution in [0.5, 0.6) is 0 Å². The van der Waals surface area contributed by atoms with Crippen molar-refractivity contribution in [2.75, 3.05) is 6.16 Å². The second kappa shape index (κ2) is 5.08. The van der Waals surface area contributed by atoms with E-state index in [1.807, 2.05) is 0 Å². The molecular formula is C9H14F3O4P. The van der Waals surface area contributed by atoms with Gasteiger partial charge in [-0.15, -0.1) is 0 Å². The first kappa shape index (κ1) is 14.7. The fraction of sp³-hybridized carbons (Fsp3) is 0.889. The van der Waals surface area contributed by atoms with E-state index in [-0.39, 0.29) is 25.7 Å². The van der Waals surface area contributed by atoms with Gasteiger partial charge in [0.1, 0.15) is 11.9 Å². The standard InChI is InChI=1S/C9H14F3O4P/c10-9(11,12)7-3-1-6(2-4-7)8(13)5-17(14,15)16/h6-7H,1-5H2,(H2,14,15,16). The largest absolute Gasteiger partial charge is 0.391 e. The molecule has 0 bridgehead atoms. The number of carbonyl (C=O) groups is 1. The number of carbonyl (C=O) groups excluding carboxylic acids is 1. The highest BCUT2D eigenvalue weighted by atomic mass is 31.2. The average molecular weight is 274 g/mol. The van der Waals surface area contributed by atoms with Gasteiger partial charge in [-0.3, -0.25) is 9.36 Å². The van der Waals surface area contributed by atoms with Gasteiger partial charge in [-0.05, 0) is 25.7 Å². The molecule has 1 saturated carbocycles. The summed E-state index contributed by atoms with van der Waals surface area (Å²) in [4.78, 5) is 28.6. The van der Waals surface area contributed by atoms with Crippen LogP contribution in [0.1, 0.15) is 25.7 Å². The molecule has 0 saturated heterocycles. The zero-order valence-corrected chi connectivity index (χ0v) is 9.88. The molecular weight excluding hydrogens is 260 g/mol. The molecule has 2 N–H and O–H groups in total. The van der Waals surface area contributed by atoms with E-state index in [4.69, 9.17) is 9.79 Å². The molecule has 0 atom stereocenters. The van der Waals surface area contributed by atoms with Crippen molar-refractivity contribution in [2.24, 2.45) is 11.8 Å². The molecule has 0 amide bonds. The van der Waals surface area contributed by atoms with Gasteiger partial charge in [-0.2, -0.15) is 13.2 Å². The van der Waals surface area contributed by atoms with E-state index in [9.17, 15) is 22.5 Å². The highest BCUT2D eigenvalue weighted by molar-refractivity contribution is 7.52. The summed E-state index contributed by atoms with van der Waals surface area (Å²) in [6.45, 7) is 0. The zero-order chi connectivity index (χ0) is 13.3. The van der Waals surface area contributed by atoms with Crippen LogP contribution in [0.25, 0.3) is 0 Å². The lowest BCUT2D eigenvalue weighted by Crippen LogP contribution is -2.31. The predicted octanol–water partition coefficient (Wildman–Crippen LogP) is 2.10. The summed E-state index contributed by atoms with van der Waals surface area (Å²) in [5, 5.41) is 0. The fourth-order valence-corrected chi connectivity index (χ4v) is 2.74. The van der Waals surface area contributed by atoms with E-state index in [1.165, 1.54) is 0 Å². The molecule has 1 fully saturated rings. The third-order valence-corrected chi connectivity index (χ3v) is 3.73. The maximum Gasteiger partial charge on any atom is 0.391 e. The number of halogens is 3. The van der Waals surface area contributed by atoms with Crippen LogP contribution < -0.4 is 0 Å². The lowest BCUT2D eigenvalue weighted by molar-refractivity contribution is -0.184. The Morgan fingerprint density at radius 2 is 1.65 bits per heavy atom. The third-order valence-electron chi connectivity index (χ3n) is 3.01. The summed E-state index contributed by atoms with van der Waals surface area (Å²) in [5.41, 5.74) is 0. The van der Waals surface area contributed by atoms with Crippen LogP contribution in [-0.4, -0.2) is 27.9 Å². The quantitative estimate of drug-likeness (QED) is 0.773. The molecule has 0 aliphatic heterocycles. The van der Waals surface area contributed by atoms with Gasteiger partial charge < -0.3 is 9.79 Å². The molecule has 1 aliphatic carbocycles. The second-order valence-electron chi connectivity index (χ2n) is 4.38. The number of Topliss-reactive ketones (excluding diaryl/α,β-unsaturated/α-hetero) is 1. The summed E-state index contributed by atoms with van der Waals surface area (Å²) in [6.07, 6.45) is -5.26. The minimum absolute atomic E-state index is 0.0585. The van der Waals surface area contributed by atoms with Crippen LogP contribution in [0.4, 0.5) is 13.2 Å². The van der Waals surface area contributed by atoms with Gasteiger partial charge >= 0.3 is 13.8 Å². The van der Waals surface area contributed by atoms with Crippen molar-refractivity contribution in [3.05, 3.63) is 0 Å². The maximum absolute atomic E-state index is 12.3. The fourth-order valence-electron chi connectivity index (χ4n) is 2.07. The van der Waals surface area contributed by atoms with Gasteiger partial charge in [0.25, 0.3) is 0 Å². The van der Waals surface area contributed by atoms with E-state index in [2.05, 4.69) is 0 Å². The average Bonchev–Trinajstić information content (AvgIpc) is 2.14. The SMILES string of the molecule is O=C(CP(=O)(O)O)C1CCC(C(F)(F)F)CC1. The Labute approximate surface area is 96.4 Å². The third kappa shape index (κ3) is 4.77. The minimum atomic E-state index is -4.41. The lowest BCUT2D eigenvalue weighted by atomic mass is 9.80. The number of hydrogen-bond acceptors (Lipinski definition) is 2. The predicted molar refractivity (Wildman–Crippen MR) is 53.4 cm³/mol. The van der Waals surface area contributed by atoms with E-state index in [1.54, 1.807) is 0 Å². The smallest absolute Gasteiger partial charge is 0.324 e. The summed E-state index contributed by atoms with van der Waals surface area (Å²) in [5.74, 6) is -2.65. The Kier molecular flexibility index (Phi) is 4.38. The van der Waals surface area contributed by atoms with Gasteiger partial charge in [-0.1, -0.05) is 0 Å². The lowest BCUT2D eigenvalue weighted by Gasteiger charge is -2.29. The number of alkyl halides is 3. The Hall–Kier alpha value is -0.390. The molecule has 100 valence electrons. The van der Waals surface area contributed by atoms with E-state index in [0.717, 1.165) is 0 Å². The van der Waals surface area contributed by atoms with E-state index >= 15 is 0 Å². The van der Waals surface area contributed by atoms with Crippen molar-refractivity contribution in [3.63, 3.8) is 0 Å². The molecule has 0 aromatic carbocycles. The van der Waals surface area contributed by atoms with Crippen molar-refractivity contribution in [1.82, 2.24) is 0 Å². The Morgan fingerprint density at radius 1 is 1.18 bits per heavy atom. The van der Waals surface area contributed by atoms with Crippen molar-refractivity contribution >= 4 is 13.4 Å². The Bertz CT molecular complexity index is 328. The maximum atomic E-state index is 12.3. The monoisotopic (exact) mass is 274 g/mol. The molecule has 0 unspecified atom stereocenters. The molecule has 0 heterocycles. The molecule has 8 heteroatoms. The molecule has 4 nitrogen and oxygen atoms in total. The molecule has 1 aliphatic rings. The highest BCUT2D eigenvalue weighted by Crippen LogP contribution is 2.42. The van der Waals surface area contributed by atoms with E-state index in [0.29, 0.717) is 0 Å². The first-order valence-corrected chi connectivity index (χ1v) is 7.03. The van der Waals surface area contributed by atoms with Gasteiger partial charge in [0.15, 0.2) is 0 Å². The summed E-state index contributed by atoms with van der Waals surface area (Å²) in [7, 11) is -4.41.